The summed E-state index contributed by atoms with van der Waals surface area (Å²) in [6, 6.07) is 2.90. The first-order valence-electron chi connectivity index (χ1n) is 5.63. The van der Waals surface area contributed by atoms with Crippen LogP contribution in [0.1, 0.15) is 12.0 Å². The number of rotatable bonds is 2. The van der Waals surface area contributed by atoms with Crippen molar-refractivity contribution >= 4 is 35.0 Å². The average Bonchev–Trinajstić information content (AvgIpc) is 2.84. The summed E-state index contributed by atoms with van der Waals surface area (Å²) < 4.78 is 37.7. The second-order valence-corrected chi connectivity index (χ2v) is 5.80. The first kappa shape index (κ1) is 14.5. The lowest BCUT2D eigenvalue weighted by atomic mass is 10.1. The first-order valence-corrected chi connectivity index (χ1v) is 7.16. The lowest BCUT2D eigenvalue weighted by Crippen LogP contribution is -2.22. The highest BCUT2D eigenvalue weighted by Gasteiger charge is 2.31. The highest BCUT2D eigenvalue weighted by molar-refractivity contribution is 7.99. The van der Waals surface area contributed by atoms with E-state index in [0.717, 1.165) is 30.4 Å². The molecule has 2 rings (SSSR count). The lowest BCUT2D eigenvalue weighted by molar-refractivity contribution is -0.137. The van der Waals surface area contributed by atoms with Crippen molar-refractivity contribution < 1.29 is 18.0 Å². The van der Waals surface area contributed by atoms with Gasteiger partial charge >= 0.3 is 6.18 Å². The van der Waals surface area contributed by atoms with Crippen molar-refractivity contribution in [2.45, 2.75) is 12.6 Å². The zero-order chi connectivity index (χ0) is 14.0. The zero-order valence-electron chi connectivity index (χ0n) is 9.76. The van der Waals surface area contributed by atoms with Gasteiger partial charge in [0.15, 0.2) is 0 Å². The number of carbonyl (C=O) groups is 1. The molecule has 1 aromatic carbocycles. The topological polar surface area (TPSA) is 29.1 Å². The van der Waals surface area contributed by atoms with Crippen LogP contribution in [0.25, 0.3) is 0 Å². The molecule has 1 N–H and O–H groups in total. The van der Waals surface area contributed by atoms with Crippen molar-refractivity contribution in [2.75, 3.05) is 16.8 Å². The summed E-state index contributed by atoms with van der Waals surface area (Å²) in [5.41, 5.74) is -0.814. The molecule has 2 nitrogen and oxygen atoms in total. The summed E-state index contributed by atoms with van der Waals surface area (Å²) in [4.78, 5) is 11.9. The van der Waals surface area contributed by atoms with E-state index in [9.17, 15) is 18.0 Å². The van der Waals surface area contributed by atoms with Gasteiger partial charge in [0.2, 0.25) is 5.91 Å². The fraction of sp³-hybridized carbons (Fsp3) is 0.417. The Bertz CT molecular complexity index is 486. The molecule has 19 heavy (non-hydrogen) atoms. The molecule has 1 aliphatic rings. The number of anilines is 1. The molecule has 1 fully saturated rings. The quantitative estimate of drug-likeness (QED) is 0.893. The van der Waals surface area contributed by atoms with Crippen LogP contribution in [0.15, 0.2) is 18.2 Å². The van der Waals surface area contributed by atoms with Gasteiger partial charge in [-0.1, -0.05) is 11.6 Å². The molecule has 0 aromatic heterocycles. The van der Waals surface area contributed by atoms with E-state index in [-0.39, 0.29) is 22.5 Å². The third kappa shape index (κ3) is 3.57. The number of amides is 1. The molecule has 0 bridgehead atoms. The van der Waals surface area contributed by atoms with E-state index in [1.165, 1.54) is 0 Å². The number of hydrogen-bond donors (Lipinski definition) is 1. The molecule has 1 atom stereocenters. The van der Waals surface area contributed by atoms with E-state index in [4.69, 9.17) is 11.6 Å². The number of halogens is 4. The monoisotopic (exact) mass is 309 g/mol. The highest BCUT2D eigenvalue weighted by atomic mass is 35.5. The fourth-order valence-corrected chi connectivity index (χ4v) is 3.16. The van der Waals surface area contributed by atoms with Gasteiger partial charge in [-0.05, 0) is 30.4 Å². The van der Waals surface area contributed by atoms with Crippen LogP contribution < -0.4 is 5.32 Å². The summed E-state index contributed by atoms with van der Waals surface area (Å²) in [5, 5.41) is 2.58. The minimum Gasteiger partial charge on any atom is -0.324 e. The summed E-state index contributed by atoms with van der Waals surface area (Å²) in [6.45, 7) is 0. The van der Waals surface area contributed by atoms with Crippen LogP contribution >= 0.6 is 23.4 Å². The minimum absolute atomic E-state index is 0.0124. The molecule has 0 spiro atoms. The molecular weight excluding hydrogens is 299 g/mol. The second kappa shape index (κ2) is 5.63. The maximum Gasteiger partial charge on any atom is 0.416 e. The van der Waals surface area contributed by atoms with E-state index in [0.29, 0.717) is 5.75 Å². The zero-order valence-corrected chi connectivity index (χ0v) is 11.3. The average molecular weight is 310 g/mol. The number of hydrogen-bond acceptors (Lipinski definition) is 2. The van der Waals surface area contributed by atoms with Gasteiger partial charge in [-0.15, -0.1) is 0 Å². The molecule has 104 valence electrons. The molecule has 1 unspecified atom stereocenters. The molecule has 1 saturated heterocycles. The van der Waals surface area contributed by atoms with E-state index in [2.05, 4.69) is 5.32 Å². The normalized spacial score (nSPS) is 19.5. The Morgan fingerprint density at radius 3 is 2.74 bits per heavy atom. The predicted molar refractivity (Wildman–Crippen MR) is 70.5 cm³/mol. The van der Waals surface area contributed by atoms with E-state index in [1.54, 1.807) is 11.8 Å². The number of nitrogens with one attached hydrogen (secondary N) is 1. The summed E-state index contributed by atoms with van der Waals surface area (Å²) in [6.07, 6.45) is -3.71. The second-order valence-electron chi connectivity index (χ2n) is 4.24. The Hall–Kier alpha value is -0.880. The molecule has 1 heterocycles. The van der Waals surface area contributed by atoms with Crippen molar-refractivity contribution in [3.8, 4) is 0 Å². The summed E-state index contributed by atoms with van der Waals surface area (Å²) in [5.74, 6) is 1.17. The molecular formula is C12H11ClF3NOS. The largest absolute Gasteiger partial charge is 0.416 e. The number of thioether (sulfide) groups is 1. The van der Waals surface area contributed by atoms with Gasteiger partial charge in [-0.2, -0.15) is 24.9 Å². The summed E-state index contributed by atoms with van der Waals surface area (Å²) in [7, 11) is 0. The van der Waals surface area contributed by atoms with Gasteiger partial charge in [-0.3, -0.25) is 4.79 Å². The first-order chi connectivity index (χ1) is 8.88. The fourth-order valence-electron chi connectivity index (χ4n) is 1.77. The van der Waals surface area contributed by atoms with Gasteiger partial charge in [0.05, 0.1) is 16.3 Å². The Labute approximate surface area is 117 Å². The summed E-state index contributed by atoms with van der Waals surface area (Å²) >= 11 is 7.47. The standard InChI is InChI=1S/C12H11ClF3NOS/c13-9-2-1-8(12(14,15)16)5-10(9)17-11(18)7-3-4-19-6-7/h1-2,5,7H,3-4,6H2,(H,17,18). The van der Waals surface area contributed by atoms with Gasteiger partial charge in [0.25, 0.3) is 0 Å². The highest BCUT2D eigenvalue weighted by Crippen LogP contribution is 2.34. The Balaban J connectivity index is 2.17. The van der Waals surface area contributed by atoms with Crippen molar-refractivity contribution in [3.05, 3.63) is 28.8 Å². The third-order valence-electron chi connectivity index (χ3n) is 2.85. The Morgan fingerprint density at radius 2 is 2.16 bits per heavy atom. The van der Waals surface area contributed by atoms with E-state index in [1.807, 2.05) is 0 Å². The SMILES string of the molecule is O=C(Nc1cc(C(F)(F)F)ccc1Cl)C1CCSC1. The predicted octanol–water partition coefficient (Wildman–Crippen LogP) is 4.05. The van der Waals surface area contributed by atoms with Gasteiger partial charge in [0, 0.05) is 11.7 Å². The molecule has 0 saturated carbocycles. The third-order valence-corrected chi connectivity index (χ3v) is 4.34. The van der Waals surface area contributed by atoms with Crippen LogP contribution in [-0.2, 0) is 11.0 Å². The Kier molecular flexibility index (Phi) is 4.30. The van der Waals surface area contributed by atoms with Crippen molar-refractivity contribution in [1.29, 1.82) is 0 Å². The van der Waals surface area contributed by atoms with Crippen LogP contribution in [0.4, 0.5) is 18.9 Å². The van der Waals surface area contributed by atoms with Gasteiger partial charge < -0.3 is 5.32 Å². The molecule has 0 radical (unpaired) electrons. The molecule has 1 amide bonds. The van der Waals surface area contributed by atoms with Crippen LogP contribution in [0.2, 0.25) is 5.02 Å². The van der Waals surface area contributed by atoms with E-state index >= 15 is 0 Å². The van der Waals surface area contributed by atoms with Crippen LogP contribution in [0.3, 0.4) is 0 Å². The maximum absolute atomic E-state index is 12.6. The molecule has 1 aromatic rings. The molecule has 7 heteroatoms. The Morgan fingerprint density at radius 1 is 1.42 bits per heavy atom. The smallest absolute Gasteiger partial charge is 0.324 e. The molecule has 1 aliphatic heterocycles. The van der Waals surface area contributed by atoms with E-state index < -0.39 is 11.7 Å². The number of alkyl halides is 3. The lowest BCUT2D eigenvalue weighted by Gasteiger charge is -2.13. The van der Waals surface area contributed by atoms with Crippen molar-refractivity contribution in [3.63, 3.8) is 0 Å². The van der Waals surface area contributed by atoms with Crippen molar-refractivity contribution in [2.24, 2.45) is 5.92 Å². The number of benzene rings is 1. The van der Waals surface area contributed by atoms with Crippen LogP contribution in [0.5, 0.6) is 0 Å². The maximum atomic E-state index is 12.6. The van der Waals surface area contributed by atoms with Gasteiger partial charge in [-0.25, -0.2) is 0 Å². The van der Waals surface area contributed by atoms with Gasteiger partial charge in [0.1, 0.15) is 0 Å². The minimum atomic E-state index is -4.45. The van der Waals surface area contributed by atoms with Crippen LogP contribution in [0, 0.1) is 5.92 Å². The molecule has 0 aliphatic carbocycles. The van der Waals surface area contributed by atoms with Crippen molar-refractivity contribution in [1.82, 2.24) is 0 Å². The number of carbonyl (C=O) groups excluding carboxylic acids is 1. The van der Waals surface area contributed by atoms with Crippen LogP contribution in [-0.4, -0.2) is 17.4 Å².